The number of esters is 1. The molecule has 0 unspecified atom stereocenters. The molecule has 1 aromatic carbocycles. The number of rotatable bonds is 3. The maximum atomic E-state index is 12.4. The molecule has 1 N–H and O–H groups in total. The molecule has 0 radical (unpaired) electrons. The predicted molar refractivity (Wildman–Crippen MR) is 103 cm³/mol. The van der Waals surface area contributed by atoms with E-state index >= 15 is 0 Å². The first-order valence-electron chi connectivity index (χ1n) is 6.29. The van der Waals surface area contributed by atoms with Crippen LogP contribution in [0.3, 0.4) is 0 Å². The lowest BCUT2D eigenvalue weighted by molar-refractivity contribution is -0.148. The topological polar surface area (TPSA) is 83.9 Å². The highest BCUT2D eigenvalue weighted by Gasteiger charge is 2.41. The number of imide groups is 1. The van der Waals surface area contributed by atoms with Crippen LogP contribution < -0.4 is 0 Å². The van der Waals surface area contributed by atoms with Crippen LogP contribution in [0.15, 0.2) is 17.0 Å². The average molecular weight is 559 g/mol. The molecule has 23 heavy (non-hydrogen) atoms. The molecule has 1 aliphatic heterocycles. The lowest BCUT2D eigenvalue weighted by atomic mass is 10.2. The van der Waals surface area contributed by atoms with Crippen LogP contribution in [0.5, 0.6) is 5.75 Å². The van der Waals surface area contributed by atoms with Gasteiger partial charge in [-0.3, -0.25) is 14.5 Å². The van der Waals surface area contributed by atoms with E-state index in [0.717, 1.165) is 16.7 Å². The molecule has 1 aromatic rings. The van der Waals surface area contributed by atoms with Crippen LogP contribution in [0.25, 0.3) is 6.08 Å². The minimum Gasteiger partial charge on any atom is -0.506 e. The van der Waals surface area contributed by atoms with Gasteiger partial charge in [0.05, 0.1) is 19.2 Å². The highest BCUT2D eigenvalue weighted by atomic mass is 127. The summed E-state index contributed by atoms with van der Waals surface area (Å²) in [4.78, 5) is 37.1. The van der Waals surface area contributed by atoms with Crippen molar-refractivity contribution in [1.29, 1.82) is 0 Å². The lowest BCUT2D eigenvalue weighted by Crippen LogP contribution is -2.42. The minimum absolute atomic E-state index is 0.177. The van der Waals surface area contributed by atoms with Gasteiger partial charge in [-0.25, -0.2) is 4.79 Å². The Labute approximate surface area is 163 Å². The standard InChI is InChI=1S/C14H11I2NO5S/c1-6(13(20)22-2)17-12(19)10(23-14(17)21)5-7-3-8(15)11(18)9(16)4-7/h3-6,18H,1-2H3/b10-5+/t6-/m0/s1. The molecule has 1 atom stereocenters. The Hall–Kier alpha value is -0.820. The van der Waals surface area contributed by atoms with Gasteiger partial charge in [0.1, 0.15) is 11.8 Å². The molecule has 0 bridgehead atoms. The van der Waals surface area contributed by atoms with Crippen LogP contribution in [0.1, 0.15) is 12.5 Å². The molecule has 122 valence electrons. The largest absolute Gasteiger partial charge is 0.506 e. The second kappa shape index (κ2) is 7.38. The Morgan fingerprint density at radius 3 is 2.43 bits per heavy atom. The summed E-state index contributed by atoms with van der Waals surface area (Å²) in [6.45, 7) is 1.44. The Balaban J connectivity index is 2.34. The first-order chi connectivity index (χ1) is 10.8. The molecule has 0 aliphatic carbocycles. The quantitative estimate of drug-likeness (QED) is 0.348. The molecule has 6 nitrogen and oxygen atoms in total. The fourth-order valence-electron chi connectivity index (χ4n) is 1.91. The number of benzene rings is 1. The molecule has 0 saturated carbocycles. The van der Waals surface area contributed by atoms with E-state index in [9.17, 15) is 19.5 Å². The summed E-state index contributed by atoms with van der Waals surface area (Å²) in [5, 5.41) is 9.26. The summed E-state index contributed by atoms with van der Waals surface area (Å²) >= 11 is 4.74. The third-order valence-corrected chi connectivity index (χ3v) is 5.62. The first kappa shape index (κ1) is 18.5. The molecule has 1 heterocycles. The molecule has 1 fully saturated rings. The number of carbonyl (C=O) groups is 3. The fraction of sp³-hybridized carbons (Fsp3) is 0.214. The van der Waals surface area contributed by atoms with Crippen molar-refractivity contribution in [2.75, 3.05) is 7.11 Å². The fourth-order valence-corrected chi connectivity index (χ4v) is 4.63. The number of phenolic OH excluding ortho intramolecular Hbond substituents is 1. The number of phenols is 1. The summed E-state index contributed by atoms with van der Waals surface area (Å²) in [5.74, 6) is -1.01. The van der Waals surface area contributed by atoms with E-state index in [4.69, 9.17) is 0 Å². The van der Waals surface area contributed by atoms with Crippen LogP contribution in [0.2, 0.25) is 0 Å². The van der Waals surface area contributed by atoms with Crippen molar-refractivity contribution in [2.24, 2.45) is 0 Å². The maximum Gasteiger partial charge on any atom is 0.328 e. The van der Waals surface area contributed by atoms with Crippen molar-refractivity contribution >= 4 is 80.1 Å². The molecular weight excluding hydrogens is 548 g/mol. The molecule has 9 heteroatoms. The highest BCUT2D eigenvalue weighted by Crippen LogP contribution is 2.35. The smallest absolute Gasteiger partial charge is 0.328 e. The van der Waals surface area contributed by atoms with E-state index in [1.807, 2.05) is 45.2 Å². The van der Waals surface area contributed by atoms with Crippen LogP contribution in [-0.4, -0.2) is 40.3 Å². The number of halogens is 2. The summed E-state index contributed by atoms with van der Waals surface area (Å²) < 4.78 is 5.86. The van der Waals surface area contributed by atoms with Gasteiger partial charge in [0, 0.05) is 0 Å². The first-order valence-corrected chi connectivity index (χ1v) is 9.26. The highest BCUT2D eigenvalue weighted by molar-refractivity contribution is 14.1. The van der Waals surface area contributed by atoms with Crippen molar-refractivity contribution in [3.05, 3.63) is 29.7 Å². The number of methoxy groups -OCH3 is 1. The van der Waals surface area contributed by atoms with E-state index in [1.54, 1.807) is 18.2 Å². The molecule has 2 rings (SSSR count). The summed E-state index contributed by atoms with van der Waals surface area (Å²) in [6, 6.07) is 2.43. The van der Waals surface area contributed by atoms with Crippen molar-refractivity contribution in [2.45, 2.75) is 13.0 Å². The van der Waals surface area contributed by atoms with Crippen molar-refractivity contribution < 1.29 is 24.2 Å². The van der Waals surface area contributed by atoms with E-state index in [0.29, 0.717) is 12.7 Å². The van der Waals surface area contributed by atoms with Crippen molar-refractivity contribution in [1.82, 2.24) is 4.90 Å². The molecular formula is C14H11I2NO5S. The Morgan fingerprint density at radius 1 is 1.35 bits per heavy atom. The Morgan fingerprint density at radius 2 is 1.91 bits per heavy atom. The summed E-state index contributed by atoms with van der Waals surface area (Å²) in [6.07, 6.45) is 1.57. The zero-order chi connectivity index (χ0) is 17.3. The number of hydrogen-bond donors (Lipinski definition) is 1. The average Bonchev–Trinajstić information content (AvgIpc) is 2.77. The third-order valence-electron chi connectivity index (χ3n) is 3.09. The normalized spacial score (nSPS) is 17.7. The van der Waals surface area contributed by atoms with Crippen LogP contribution in [0, 0.1) is 7.14 Å². The number of thioether (sulfide) groups is 1. The van der Waals surface area contributed by atoms with E-state index < -0.39 is 23.2 Å². The van der Waals surface area contributed by atoms with Crippen molar-refractivity contribution in [3.63, 3.8) is 0 Å². The maximum absolute atomic E-state index is 12.4. The minimum atomic E-state index is -0.974. The van der Waals surface area contributed by atoms with Gasteiger partial charge in [0.2, 0.25) is 0 Å². The Bertz CT molecular complexity index is 711. The van der Waals surface area contributed by atoms with Gasteiger partial charge in [0.15, 0.2) is 0 Å². The van der Waals surface area contributed by atoms with Gasteiger partial charge in [0.25, 0.3) is 11.1 Å². The number of aromatic hydroxyl groups is 1. The van der Waals surface area contributed by atoms with Crippen molar-refractivity contribution in [3.8, 4) is 5.75 Å². The molecule has 0 aromatic heterocycles. The van der Waals surface area contributed by atoms with Gasteiger partial charge < -0.3 is 9.84 Å². The molecule has 1 saturated heterocycles. The number of carbonyl (C=O) groups excluding carboxylic acids is 3. The van der Waals surface area contributed by atoms with Gasteiger partial charge in [-0.15, -0.1) is 0 Å². The van der Waals surface area contributed by atoms with E-state index in [2.05, 4.69) is 4.74 Å². The molecule has 2 amide bonds. The van der Waals surface area contributed by atoms with Crippen LogP contribution in [0.4, 0.5) is 4.79 Å². The third kappa shape index (κ3) is 3.82. The van der Waals surface area contributed by atoms with Gasteiger partial charge in [-0.2, -0.15) is 0 Å². The number of nitrogens with zero attached hydrogens (tertiary/aromatic N) is 1. The number of hydrogen-bond acceptors (Lipinski definition) is 6. The van der Waals surface area contributed by atoms with Crippen LogP contribution >= 0.6 is 56.9 Å². The Kier molecular flexibility index (Phi) is 5.94. The van der Waals surface area contributed by atoms with Gasteiger partial charge in [-0.1, -0.05) is 0 Å². The lowest BCUT2D eigenvalue weighted by Gasteiger charge is -2.18. The zero-order valence-corrected chi connectivity index (χ0v) is 17.1. The van der Waals surface area contributed by atoms with Crippen LogP contribution in [-0.2, 0) is 14.3 Å². The second-order valence-corrected chi connectivity index (χ2v) is 7.90. The second-order valence-electron chi connectivity index (χ2n) is 4.58. The van der Waals surface area contributed by atoms with E-state index in [1.165, 1.54) is 14.0 Å². The van der Waals surface area contributed by atoms with Gasteiger partial charge in [-0.05, 0) is 87.6 Å². The number of amides is 2. The molecule has 1 aliphatic rings. The molecule has 0 spiro atoms. The predicted octanol–water partition coefficient (Wildman–Crippen LogP) is 3.20. The summed E-state index contributed by atoms with van der Waals surface area (Å²) in [5.41, 5.74) is 0.688. The number of ether oxygens (including phenoxy) is 1. The SMILES string of the molecule is COC(=O)[C@H](C)N1C(=O)S/C(=C/c2cc(I)c(O)c(I)c2)C1=O. The van der Waals surface area contributed by atoms with Gasteiger partial charge >= 0.3 is 5.97 Å². The van der Waals surface area contributed by atoms with E-state index in [-0.39, 0.29) is 10.7 Å². The zero-order valence-electron chi connectivity index (χ0n) is 12.0. The summed E-state index contributed by atoms with van der Waals surface area (Å²) in [7, 11) is 1.20. The monoisotopic (exact) mass is 559 g/mol.